The zero-order valence-electron chi connectivity index (χ0n) is 10.4. The Labute approximate surface area is 123 Å². The third-order valence-electron chi connectivity index (χ3n) is 3.24. The second kappa shape index (κ2) is 4.38. The highest BCUT2D eigenvalue weighted by Crippen LogP contribution is 2.26. The van der Waals surface area contributed by atoms with E-state index in [1.54, 1.807) is 4.52 Å². The lowest BCUT2D eigenvalue weighted by Crippen LogP contribution is -1.87. The van der Waals surface area contributed by atoms with Gasteiger partial charge in [-0.2, -0.15) is 0 Å². The Morgan fingerprint density at radius 3 is 2.85 bits per heavy atom. The fourth-order valence-corrected chi connectivity index (χ4v) is 2.74. The number of aromatic nitrogens is 4. The van der Waals surface area contributed by atoms with Crippen LogP contribution in [-0.4, -0.2) is 19.8 Å². The first-order valence-electron chi connectivity index (χ1n) is 6.18. The first kappa shape index (κ1) is 11.5. The van der Waals surface area contributed by atoms with Gasteiger partial charge in [0.2, 0.25) is 0 Å². The number of pyridine rings is 2. The standard InChI is InChI=1S/C15H9BrN4/c16-11-5-3-4-10-7-8-12(17-14(10)11)15-13-6-1-2-9-20(13)19-18-15/h1-9H. The average Bonchev–Trinajstić information content (AvgIpc) is 2.91. The summed E-state index contributed by atoms with van der Waals surface area (Å²) >= 11 is 3.54. The third-order valence-corrected chi connectivity index (χ3v) is 3.88. The molecule has 0 amide bonds. The molecule has 4 nitrogen and oxygen atoms in total. The van der Waals surface area contributed by atoms with Crippen molar-refractivity contribution < 1.29 is 0 Å². The molecule has 0 bridgehead atoms. The molecule has 0 N–H and O–H groups in total. The molecule has 0 unspecified atom stereocenters. The van der Waals surface area contributed by atoms with E-state index in [1.165, 1.54) is 0 Å². The molecule has 0 aliphatic rings. The van der Waals surface area contributed by atoms with Gasteiger partial charge in [0.1, 0.15) is 5.69 Å². The topological polar surface area (TPSA) is 43.1 Å². The van der Waals surface area contributed by atoms with Crippen LogP contribution in [0.3, 0.4) is 0 Å². The van der Waals surface area contributed by atoms with E-state index < -0.39 is 0 Å². The van der Waals surface area contributed by atoms with E-state index in [0.717, 1.165) is 32.3 Å². The largest absolute Gasteiger partial charge is 0.245 e. The quantitative estimate of drug-likeness (QED) is 0.536. The molecule has 3 heterocycles. The molecule has 5 heteroatoms. The summed E-state index contributed by atoms with van der Waals surface area (Å²) in [6, 6.07) is 15.9. The fraction of sp³-hybridized carbons (Fsp3) is 0. The minimum Gasteiger partial charge on any atom is -0.245 e. The number of hydrogen-bond donors (Lipinski definition) is 0. The van der Waals surface area contributed by atoms with Crippen LogP contribution in [0.4, 0.5) is 0 Å². The Morgan fingerprint density at radius 1 is 0.950 bits per heavy atom. The molecule has 3 aromatic heterocycles. The Kier molecular flexibility index (Phi) is 2.53. The van der Waals surface area contributed by atoms with E-state index in [2.05, 4.69) is 32.3 Å². The van der Waals surface area contributed by atoms with Gasteiger partial charge in [0, 0.05) is 16.1 Å². The third kappa shape index (κ3) is 1.71. The van der Waals surface area contributed by atoms with Crippen molar-refractivity contribution in [1.29, 1.82) is 0 Å². The van der Waals surface area contributed by atoms with E-state index in [9.17, 15) is 0 Å². The smallest absolute Gasteiger partial charge is 0.139 e. The van der Waals surface area contributed by atoms with Gasteiger partial charge in [-0.15, -0.1) is 5.10 Å². The Bertz CT molecular complexity index is 929. The number of fused-ring (bicyclic) bond motifs is 2. The summed E-state index contributed by atoms with van der Waals surface area (Å²) in [5, 5.41) is 9.45. The second-order valence-electron chi connectivity index (χ2n) is 4.48. The molecule has 0 atom stereocenters. The summed E-state index contributed by atoms with van der Waals surface area (Å²) in [5.41, 5.74) is 3.50. The Hall–Kier alpha value is -2.27. The molecule has 4 aromatic rings. The number of hydrogen-bond acceptors (Lipinski definition) is 3. The Morgan fingerprint density at radius 2 is 1.90 bits per heavy atom. The van der Waals surface area contributed by atoms with Crippen molar-refractivity contribution in [3.05, 3.63) is 59.2 Å². The SMILES string of the molecule is Brc1cccc2ccc(-c3nnn4ccccc34)nc12. The van der Waals surface area contributed by atoms with Crippen molar-refractivity contribution in [2.75, 3.05) is 0 Å². The minimum absolute atomic E-state index is 0.795. The van der Waals surface area contributed by atoms with Crippen LogP contribution in [0.1, 0.15) is 0 Å². The molecule has 0 aliphatic heterocycles. The molecule has 0 fully saturated rings. The fourth-order valence-electron chi connectivity index (χ4n) is 2.27. The molecule has 0 aliphatic carbocycles. The van der Waals surface area contributed by atoms with Crippen LogP contribution in [-0.2, 0) is 0 Å². The molecular weight excluding hydrogens is 316 g/mol. The molecule has 0 spiro atoms. The highest BCUT2D eigenvalue weighted by atomic mass is 79.9. The Balaban J connectivity index is 2.00. The number of halogens is 1. The van der Waals surface area contributed by atoms with Crippen LogP contribution >= 0.6 is 15.9 Å². The van der Waals surface area contributed by atoms with Crippen molar-refractivity contribution in [3.63, 3.8) is 0 Å². The lowest BCUT2D eigenvalue weighted by Gasteiger charge is -2.02. The lowest BCUT2D eigenvalue weighted by atomic mass is 10.1. The molecule has 0 radical (unpaired) electrons. The predicted octanol–water partition coefficient (Wildman–Crippen LogP) is 3.71. The summed E-state index contributed by atoms with van der Waals surface area (Å²) in [6.07, 6.45) is 1.88. The van der Waals surface area contributed by atoms with Crippen LogP contribution in [0.25, 0.3) is 27.8 Å². The van der Waals surface area contributed by atoms with Gasteiger partial charge >= 0.3 is 0 Å². The van der Waals surface area contributed by atoms with Crippen molar-refractivity contribution >= 4 is 32.3 Å². The van der Waals surface area contributed by atoms with Gasteiger partial charge in [0.25, 0.3) is 0 Å². The van der Waals surface area contributed by atoms with Gasteiger partial charge in [0.05, 0.1) is 16.7 Å². The van der Waals surface area contributed by atoms with E-state index in [-0.39, 0.29) is 0 Å². The summed E-state index contributed by atoms with van der Waals surface area (Å²) in [4.78, 5) is 4.70. The number of rotatable bonds is 1. The van der Waals surface area contributed by atoms with E-state index in [0.29, 0.717) is 0 Å². The van der Waals surface area contributed by atoms with E-state index in [1.807, 2.05) is 48.7 Å². The molecule has 0 saturated carbocycles. The van der Waals surface area contributed by atoms with Gasteiger partial charge < -0.3 is 0 Å². The van der Waals surface area contributed by atoms with E-state index in [4.69, 9.17) is 4.98 Å². The number of para-hydroxylation sites is 1. The summed E-state index contributed by atoms with van der Waals surface area (Å²) < 4.78 is 2.73. The molecule has 96 valence electrons. The monoisotopic (exact) mass is 324 g/mol. The molecule has 0 saturated heterocycles. The van der Waals surface area contributed by atoms with Crippen LogP contribution in [0.5, 0.6) is 0 Å². The van der Waals surface area contributed by atoms with E-state index >= 15 is 0 Å². The number of benzene rings is 1. The van der Waals surface area contributed by atoms with Gasteiger partial charge in [0.15, 0.2) is 0 Å². The maximum atomic E-state index is 4.70. The molecule has 1 aromatic carbocycles. The summed E-state index contributed by atoms with van der Waals surface area (Å²) in [7, 11) is 0. The highest BCUT2D eigenvalue weighted by molar-refractivity contribution is 9.10. The zero-order valence-corrected chi connectivity index (χ0v) is 11.9. The van der Waals surface area contributed by atoms with Gasteiger partial charge in [-0.1, -0.05) is 29.5 Å². The van der Waals surface area contributed by atoms with Crippen LogP contribution in [0, 0.1) is 0 Å². The molecule has 4 rings (SSSR count). The lowest BCUT2D eigenvalue weighted by molar-refractivity contribution is 0.856. The maximum absolute atomic E-state index is 4.70. The van der Waals surface area contributed by atoms with Gasteiger partial charge in [-0.3, -0.25) is 0 Å². The maximum Gasteiger partial charge on any atom is 0.139 e. The second-order valence-corrected chi connectivity index (χ2v) is 5.33. The molecule has 20 heavy (non-hydrogen) atoms. The minimum atomic E-state index is 0.795. The van der Waals surface area contributed by atoms with Crippen molar-refractivity contribution in [1.82, 2.24) is 19.8 Å². The first-order valence-corrected chi connectivity index (χ1v) is 6.98. The van der Waals surface area contributed by atoms with Crippen LogP contribution < -0.4 is 0 Å². The van der Waals surface area contributed by atoms with Crippen molar-refractivity contribution in [3.8, 4) is 11.4 Å². The highest BCUT2D eigenvalue weighted by Gasteiger charge is 2.10. The van der Waals surface area contributed by atoms with Crippen LogP contribution in [0.2, 0.25) is 0 Å². The van der Waals surface area contributed by atoms with Gasteiger partial charge in [-0.25, -0.2) is 9.50 Å². The summed E-state index contributed by atoms with van der Waals surface area (Å²) in [6.45, 7) is 0. The summed E-state index contributed by atoms with van der Waals surface area (Å²) in [5.74, 6) is 0. The average molecular weight is 325 g/mol. The normalized spacial score (nSPS) is 11.2. The van der Waals surface area contributed by atoms with Crippen LogP contribution in [0.15, 0.2) is 59.2 Å². The number of nitrogens with zero attached hydrogens (tertiary/aromatic N) is 4. The van der Waals surface area contributed by atoms with Crippen molar-refractivity contribution in [2.45, 2.75) is 0 Å². The predicted molar refractivity (Wildman–Crippen MR) is 81.4 cm³/mol. The van der Waals surface area contributed by atoms with Gasteiger partial charge in [-0.05, 0) is 40.2 Å². The van der Waals surface area contributed by atoms with Crippen molar-refractivity contribution in [2.24, 2.45) is 0 Å². The first-order chi connectivity index (χ1) is 9.83. The molecular formula is C15H9BrN4. The zero-order chi connectivity index (χ0) is 13.5.